The summed E-state index contributed by atoms with van der Waals surface area (Å²) in [6, 6.07) is -1.46. The predicted octanol–water partition coefficient (Wildman–Crippen LogP) is -6.23. The van der Waals surface area contributed by atoms with E-state index in [0.29, 0.717) is 0 Å². The van der Waals surface area contributed by atoms with Gasteiger partial charge in [-0.1, -0.05) is 0 Å². The van der Waals surface area contributed by atoms with Gasteiger partial charge in [-0.2, -0.15) is 0 Å². The standard InChI is InChI=1S/C4H7NO4.ClH.Mg.3H2O/c5-2(4(8)9)1-3(6)7;;;;;/h2H,1,5H2,(H,6,7)(H,8,9);1H;;3*1H2/q;;+2;;;/p-2. The van der Waals surface area contributed by atoms with E-state index in [9.17, 15) is 19.8 Å². The summed E-state index contributed by atoms with van der Waals surface area (Å²) in [6.07, 6.45) is -0.706. The Morgan fingerprint density at radius 1 is 1.14 bits per heavy atom. The number of hydrogen-bond donors (Lipinski definition) is 1. The normalized spacial score (nSPS) is 8.07. The first kappa shape index (κ1) is 37.1. The van der Waals surface area contributed by atoms with Gasteiger partial charge in [0.05, 0.1) is 5.97 Å². The van der Waals surface area contributed by atoms with E-state index in [1.807, 2.05) is 0 Å². The fourth-order valence-corrected chi connectivity index (χ4v) is 0.263. The fraction of sp³-hybridized carbons (Fsp3) is 0.500. The van der Waals surface area contributed by atoms with Crippen LogP contribution >= 0.6 is 12.4 Å². The topological polar surface area (TPSA) is 201 Å². The summed E-state index contributed by atoms with van der Waals surface area (Å²) in [6.45, 7) is 0. The maximum absolute atomic E-state index is 9.71. The number of aliphatic carboxylic acids is 2. The molecule has 0 rings (SSSR count). The molecule has 0 radical (unpaired) electrons. The molecule has 0 fully saturated rings. The summed E-state index contributed by atoms with van der Waals surface area (Å²) >= 11 is 0. The van der Waals surface area contributed by atoms with Crippen molar-refractivity contribution in [3.05, 3.63) is 0 Å². The third-order valence-electron chi connectivity index (χ3n) is 0.689. The van der Waals surface area contributed by atoms with Gasteiger partial charge in [0.15, 0.2) is 0 Å². The minimum Gasteiger partial charge on any atom is -0.550 e. The molecule has 0 aliphatic carbocycles. The molecule has 0 saturated carbocycles. The van der Waals surface area contributed by atoms with Crippen LogP contribution in [0, 0.1) is 0 Å². The van der Waals surface area contributed by atoms with Crippen molar-refractivity contribution in [1.82, 2.24) is 0 Å². The number of carbonyl (C=O) groups excluding carboxylic acids is 2. The maximum Gasteiger partial charge on any atom is 2.00 e. The number of carboxylic acid groups (broad SMARTS) is 2. The first-order chi connectivity index (χ1) is 4.04. The van der Waals surface area contributed by atoms with Crippen molar-refractivity contribution in [3.8, 4) is 0 Å². The molecule has 0 aliphatic heterocycles. The SMILES string of the molecule is Cl.NC(CC(=O)[O-])C(=O)[O-].O.O.O.[Mg+2]. The molecule has 0 spiro atoms. The molecule has 8 nitrogen and oxygen atoms in total. The van der Waals surface area contributed by atoms with E-state index in [2.05, 4.69) is 0 Å². The fourth-order valence-electron chi connectivity index (χ4n) is 0.263. The van der Waals surface area contributed by atoms with Crippen LogP contribution in [-0.2, 0) is 9.59 Å². The number of halogens is 1. The molecule has 0 aromatic heterocycles. The quantitative estimate of drug-likeness (QED) is 0.481. The molecule has 0 aromatic carbocycles. The summed E-state index contributed by atoms with van der Waals surface area (Å²) in [5.41, 5.74) is 4.73. The number of nitrogens with two attached hydrogens (primary N) is 1. The smallest absolute Gasteiger partial charge is 0.550 e. The second-order valence-corrected chi connectivity index (χ2v) is 1.50. The van der Waals surface area contributed by atoms with E-state index in [0.717, 1.165) is 0 Å². The van der Waals surface area contributed by atoms with Gasteiger partial charge < -0.3 is 42.0 Å². The molecular formula is C4H12ClMgNO7. The zero-order valence-electron chi connectivity index (χ0n) is 7.11. The van der Waals surface area contributed by atoms with E-state index in [4.69, 9.17) is 5.73 Å². The average Bonchev–Trinajstić information content (AvgIpc) is 1.63. The van der Waals surface area contributed by atoms with Crippen molar-refractivity contribution < 1.29 is 36.2 Å². The van der Waals surface area contributed by atoms with Crippen LogP contribution in [0.5, 0.6) is 0 Å². The Kier molecular flexibility index (Phi) is 49.3. The van der Waals surface area contributed by atoms with Gasteiger partial charge in [0, 0.05) is 18.4 Å². The molecule has 0 amide bonds. The van der Waals surface area contributed by atoms with Crippen molar-refractivity contribution in [2.75, 3.05) is 0 Å². The van der Waals surface area contributed by atoms with Crippen molar-refractivity contribution in [1.29, 1.82) is 0 Å². The first-order valence-electron chi connectivity index (χ1n) is 2.20. The molecule has 10 heteroatoms. The third-order valence-corrected chi connectivity index (χ3v) is 0.689. The van der Waals surface area contributed by atoms with Crippen LogP contribution in [-0.4, -0.2) is 57.5 Å². The van der Waals surface area contributed by atoms with Crippen LogP contribution in [0.4, 0.5) is 0 Å². The summed E-state index contributed by atoms with van der Waals surface area (Å²) in [4.78, 5) is 19.3. The number of carboxylic acids is 2. The largest absolute Gasteiger partial charge is 2.00 e. The second kappa shape index (κ2) is 18.6. The van der Waals surface area contributed by atoms with Gasteiger partial charge in [-0.15, -0.1) is 12.4 Å². The molecule has 0 heterocycles. The molecule has 84 valence electrons. The van der Waals surface area contributed by atoms with Gasteiger partial charge >= 0.3 is 23.1 Å². The molecule has 1 atom stereocenters. The summed E-state index contributed by atoms with van der Waals surface area (Å²) in [5, 5.41) is 19.3. The van der Waals surface area contributed by atoms with Crippen LogP contribution in [0.1, 0.15) is 6.42 Å². The van der Waals surface area contributed by atoms with Crippen molar-refractivity contribution in [2.45, 2.75) is 12.5 Å². The molecule has 0 saturated heterocycles. The van der Waals surface area contributed by atoms with Crippen LogP contribution in [0.3, 0.4) is 0 Å². The van der Waals surface area contributed by atoms with Gasteiger partial charge in [-0.05, 0) is 0 Å². The van der Waals surface area contributed by atoms with Gasteiger partial charge in [0.2, 0.25) is 0 Å². The Morgan fingerprint density at radius 2 is 1.43 bits per heavy atom. The van der Waals surface area contributed by atoms with E-state index in [-0.39, 0.29) is 51.9 Å². The Hall–Kier alpha value is -0.164. The Labute approximate surface area is 102 Å². The minimum atomic E-state index is -1.58. The Balaban J connectivity index is -0.0000000320. The third kappa shape index (κ3) is 22.6. The Bertz CT molecular complexity index is 146. The average molecular weight is 246 g/mol. The van der Waals surface area contributed by atoms with Crippen molar-refractivity contribution in [2.24, 2.45) is 5.73 Å². The molecular weight excluding hydrogens is 234 g/mol. The van der Waals surface area contributed by atoms with Gasteiger partial charge in [0.25, 0.3) is 0 Å². The second-order valence-electron chi connectivity index (χ2n) is 1.50. The molecule has 14 heavy (non-hydrogen) atoms. The van der Waals surface area contributed by atoms with E-state index in [1.165, 1.54) is 0 Å². The number of rotatable bonds is 3. The van der Waals surface area contributed by atoms with Crippen LogP contribution < -0.4 is 15.9 Å². The summed E-state index contributed by atoms with van der Waals surface area (Å²) < 4.78 is 0. The molecule has 8 N–H and O–H groups in total. The summed E-state index contributed by atoms with van der Waals surface area (Å²) in [7, 11) is 0. The number of carbonyl (C=O) groups is 2. The first-order valence-corrected chi connectivity index (χ1v) is 2.20. The number of hydrogen-bond acceptors (Lipinski definition) is 5. The predicted molar refractivity (Wildman–Crippen MR) is 46.4 cm³/mol. The van der Waals surface area contributed by atoms with E-state index < -0.39 is 24.4 Å². The van der Waals surface area contributed by atoms with Crippen LogP contribution in [0.15, 0.2) is 0 Å². The van der Waals surface area contributed by atoms with Gasteiger partial charge in [-0.3, -0.25) is 0 Å². The molecule has 1 unspecified atom stereocenters. The summed E-state index contributed by atoms with van der Waals surface area (Å²) in [5.74, 6) is -3.08. The van der Waals surface area contributed by atoms with Crippen LogP contribution in [0.2, 0.25) is 0 Å². The van der Waals surface area contributed by atoms with Crippen molar-refractivity contribution in [3.63, 3.8) is 0 Å². The molecule has 0 aliphatic rings. The molecule has 0 bridgehead atoms. The van der Waals surface area contributed by atoms with Gasteiger partial charge in [-0.25, -0.2) is 0 Å². The zero-order chi connectivity index (χ0) is 7.44. The van der Waals surface area contributed by atoms with E-state index in [1.54, 1.807) is 0 Å². The monoisotopic (exact) mass is 245 g/mol. The minimum absolute atomic E-state index is 0. The molecule has 0 aromatic rings. The van der Waals surface area contributed by atoms with Crippen molar-refractivity contribution >= 4 is 47.4 Å². The van der Waals surface area contributed by atoms with E-state index >= 15 is 0 Å². The maximum atomic E-state index is 9.71. The zero-order valence-corrected chi connectivity index (χ0v) is 9.34. The Morgan fingerprint density at radius 3 is 1.50 bits per heavy atom. The van der Waals surface area contributed by atoms with Gasteiger partial charge in [0.1, 0.15) is 0 Å². The van der Waals surface area contributed by atoms with Crippen LogP contribution in [0.25, 0.3) is 0 Å².